The van der Waals surface area contributed by atoms with Gasteiger partial charge in [-0.05, 0) is 0 Å². The highest BCUT2D eigenvalue weighted by molar-refractivity contribution is 5.34. The lowest BCUT2D eigenvalue weighted by atomic mass is 10.6. The molecule has 0 spiro atoms. The smallest absolute Gasteiger partial charge is 0.163 e. The fraction of sp³-hybridized carbons (Fsp3) is 0.167. The van der Waals surface area contributed by atoms with Gasteiger partial charge < -0.3 is 5.73 Å². The minimum absolute atomic E-state index is 0.382. The molecule has 0 aliphatic heterocycles. The molecule has 5 heteroatoms. The van der Waals surface area contributed by atoms with Crippen molar-refractivity contribution in [1.82, 2.24) is 19.6 Å². The molecule has 0 aliphatic rings. The first kappa shape index (κ1) is 6.23. The normalized spacial score (nSPS) is 10.6. The lowest BCUT2D eigenvalue weighted by Gasteiger charge is -1.91. The predicted octanol–water partition coefficient (Wildman–Crippen LogP) is -0.417. The fourth-order valence-corrected chi connectivity index (χ4v) is 0.931. The highest BCUT2D eigenvalue weighted by Crippen LogP contribution is 1.98. The molecule has 2 rings (SSSR count). The summed E-state index contributed by atoms with van der Waals surface area (Å²) in [5.41, 5.74) is 6.19. The van der Waals surface area contributed by atoms with Gasteiger partial charge in [0.05, 0.1) is 6.54 Å². The molecule has 2 aromatic rings. The molecule has 0 aliphatic carbocycles. The van der Waals surface area contributed by atoms with Crippen molar-refractivity contribution in [1.29, 1.82) is 0 Å². The molecule has 0 saturated carbocycles. The molecule has 56 valence electrons. The predicted molar refractivity (Wildman–Crippen MR) is 38.7 cm³/mol. The lowest BCUT2D eigenvalue weighted by Crippen LogP contribution is -2.02. The Morgan fingerprint density at radius 3 is 3.18 bits per heavy atom. The van der Waals surface area contributed by atoms with Crippen LogP contribution in [0.4, 0.5) is 0 Å². The molecule has 0 bridgehead atoms. The van der Waals surface area contributed by atoms with Crippen LogP contribution >= 0.6 is 0 Å². The van der Waals surface area contributed by atoms with Gasteiger partial charge in [-0.3, -0.25) is 4.40 Å². The zero-order valence-corrected chi connectivity index (χ0v) is 5.81. The van der Waals surface area contributed by atoms with E-state index in [-0.39, 0.29) is 0 Å². The summed E-state index contributed by atoms with van der Waals surface area (Å²) in [6.45, 7) is 0.382. The Labute approximate surface area is 62.9 Å². The molecule has 2 heterocycles. The Balaban J connectivity index is 2.76. The van der Waals surface area contributed by atoms with Crippen molar-refractivity contribution in [2.45, 2.75) is 6.54 Å². The van der Waals surface area contributed by atoms with Gasteiger partial charge in [-0.25, -0.2) is 4.98 Å². The van der Waals surface area contributed by atoms with Crippen LogP contribution in [0.25, 0.3) is 5.65 Å². The average Bonchev–Trinajstić information content (AvgIpc) is 2.47. The molecule has 2 aromatic heterocycles. The van der Waals surface area contributed by atoms with Crippen molar-refractivity contribution in [3.63, 3.8) is 0 Å². The summed E-state index contributed by atoms with van der Waals surface area (Å²) in [4.78, 5) is 3.92. The molecule has 0 aromatic carbocycles. The minimum Gasteiger partial charge on any atom is -0.324 e. The molecular weight excluding hydrogens is 142 g/mol. The third-order valence-electron chi connectivity index (χ3n) is 1.47. The number of nitrogens with zero attached hydrogens (tertiary/aromatic N) is 4. The van der Waals surface area contributed by atoms with Gasteiger partial charge in [-0.2, -0.15) is 0 Å². The Morgan fingerprint density at radius 2 is 2.36 bits per heavy atom. The van der Waals surface area contributed by atoms with E-state index >= 15 is 0 Å². The van der Waals surface area contributed by atoms with Crippen molar-refractivity contribution < 1.29 is 0 Å². The van der Waals surface area contributed by atoms with E-state index in [1.54, 1.807) is 23.0 Å². The minimum atomic E-state index is 0.382. The van der Waals surface area contributed by atoms with Crippen LogP contribution in [0.15, 0.2) is 18.6 Å². The number of hydrogen-bond acceptors (Lipinski definition) is 4. The quantitative estimate of drug-likeness (QED) is 0.598. The van der Waals surface area contributed by atoms with Gasteiger partial charge in [0.25, 0.3) is 0 Å². The van der Waals surface area contributed by atoms with E-state index in [2.05, 4.69) is 15.2 Å². The van der Waals surface area contributed by atoms with Crippen LogP contribution in [0.1, 0.15) is 5.82 Å². The molecule has 0 unspecified atom stereocenters. The number of aromatic nitrogens is 4. The van der Waals surface area contributed by atoms with E-state index in [0.717, 1.165) is 11.5 Å². The largest absolute Gasteiger partial charge is 0.324 e. The number of hydrogen-bond donors (Lipinski definition) is 1. The molecule has 2 N–H and O–H groups in total. The van der Waals surface area contributed by atoms with Crippen molar-refractivity contribution in [3.05, 3.63) is 24.4 Å². The summed E-state index contributed by atoms with van der Waals surface area (Å²) in [6, 6.07) is 1.78. The number of fused-ring (bicyclic) bond motifs is 1. The van der Waals surface area contributed by atoms with Gasteiger partial charge in [-0.1, -0.05) is 0 Å². The van der Waals surface area contributed by atoms with Crippen LogP contribution < -0.4 is 5.73 Å². The number of nitrogens with two attached hydrogens (primary N) is 1. The van der Waals surface area contributed by atoms with Crippen LogP contribution in [0, 0.1) is 0 Å². The first-order chi connectivity index (χ1) is 5.42. The Kier molecular flexibility index (Phi) is 1.29. The zero-order chi connectivity index (χ0) is 7.68. The highest BCUT2D eigenvalue weighted by Gasteiger charge is 2.00. The van der Waals surface area contributed by atoms with Gasteiger partial charge >= 0.3 is 0 Å². The maximum atomic E-state index is 5.41. The summed E-state index contributed by atoms with van der Waals surface area (Å²) in [5.74, 6) is 0.730. The average molecular weight is 149 g/mol. The number of rotatable bonds is 1. The van der Waals surface area contributed by atoms with Crippen LogP contribution in [0.5, 0.6) is 0 Å². The standard InChI is InChI=1S/C6H7N5/c7-3-6-10-9-5-1-2-8-4-11(5)6/h1-2,4H,3,7H2. The van der Waals surface area contributed by atoms with Crippen molar-refractivity contribution in [2.24, 2.45) is 5.73 Å². The van der Waals surface area contributed by atoms with Crippen molar-refractivity contribution in [2.75, 3.05) is 0 Å². The maximum Gasteiger partial charge on any atom is 0.163 e. The Bertz CT molecular complexity index is 366. The molecule has 0 saturated heterocycles. The molecule has 0 radical (unpaired) electrons. The van der Waals surface area contributed by atoms with E-state index in [0.29, 0.717) is 6.54 Å². The van der Waals surface area contributed by atoms with Gasteiger partial charge in [0.2, 0.25) is 0 Å². The van der Waals surface area contributed by atoms with Gasteiger partial charge in [0.1, 0.15) is 6.33 Å². The lowest BCUT2D eigenvalue weighted by molar-refractivity contribution is 0.872. The van der Waals surface area contributed by atoms with Crippen LogP contribution in [-0.4, -0.2) is 19.6 Å². The second-order valence-corrected chi connectivity index (χ2v) is 2.13. The van der Waals surface area contributed by atoms with Crippen LogP contribution in [0.2, 0.25) is 0 Å². The molecule has 0 amide bonds. The molecule has 11 heavy (non-hydrogen) atoms. The van der Waals surface area contributed by atoms with Crippen LogP contribution in [0.3, 0.4) is 0 Å². The Morgan fingerprint density at radius 1 is 1.45 bits per heavy atom. The second-order valence-electron chi connectivity index (χ2n) is 2.13. The molecule has 0 atom stereocenters. The van der Waals surface area contributed by atoms with Gasteiger partial charge in [0.15, 0.2) is 11.5 Å². The summed E-state index contributed by atoms with van der Waals surface area (Å²) < 4.78 is 1.76. The fourth-order valence-electron chi connectivity index (χ4n) is 0.931. The molecule has 5 nitrogen and oxygen atoms in total. The summed E-state index contributed by atoms with van der Waals surface area (Å²) >= 11 is 0. The summed E-state index contributed by atoms with van der Waals surface area (Å²) in [6.07, 6.45) is 3.32. The zero-order valence-electron chi connectivity index (χ0n) is 5.81. The highest BCUT2D eigenvalue weighted by atomic mass is 15.3. The van der Waals surface area contributed by atoms with E-state index in [1.807, 2.05) is 0 Å². The van der Waals surface area contributed by atoms with E-state index in [4.69, 9.17) is 5.73 Å². The third-order valence-corrected chi connectivity index (χ3v) is 1.47. The summed E-state index contributed by atoms with van der Waals surface area (Å²) in [5, 5.41) is 7.74. The first-order valence-electron chi connectivity index (χ1n) is 3.25. The summed E-state index contributed by atoms with van der Waals surface area (Å²) in [7, 11) is 0. The Hall–Kier alpha value is -1.49. The molecule has 0 fully saturated rings. The van der Waals surface area contributed by atoms with E-state index < -0.39 is 0 Å². The molecular formula is C6H7N5. The van der Waals surface area contributed by atoms with E-state index in [9.17, 15) is 0 Å². The topological polar surface area (TPSA) is 69.1 Å². The van der Waals surface area contributed by atoms with Crippen molar-refractivity contribution >= 4 is 5.65 Å². The first-order valence-corrected chi connectivity index (χ1v) is 3.25. The monoisotopic (exact) mass is 149 g/mol. The second kappa shape index (κ2) is 2.28. The van der Waals surface area contributed by atoms with Gasteiger partial charge in [0, 0.05) is 12.3 Å². The maximum absolute atomic E-state index is 5.41. The van der Waals surface area contributed by atoms with Crippen LogP contribution in [-0.2, 0) is 6.54 Å². The van der Waals surface area contributed by atoms with E-state index in [1.165, 1.54) is 0 Å². The van der Waals surface area contributed by atoms with Crippen molar-refractivity contribution in [3.8, 4) is 0 Å². The van der Waals surface area contributed by atoms with Gasteiger partial charge in [-0.15, -0.1) is 10.2 Å². The SMILES string of the molecule is NCc1nnc2ccncn12. The third kappa shape index (κ3) is 0.857.